The standard InChI is InChI=1S/C28H45N3O7/c1-11-17(3)22(30-26(36)38-27(5,6)7)25(35)31(28(8,9)12-2)23(24(34)29-16-21(33)37-10)19-13-14-20(32)18(4)15-19/h13-15,17,22-23,32H,11-12,16H2,1-10H3,(H,29,34)(H,30,36). The molecule has 0 aliphatic heterocycles. The number of alkyl carbamates (subject to hydrolysis) is 1. The van der Waals surface area contributed by atoms with Gasteiger partial charge in [0.2, 0.25) is 11.8 Å². The van der Waals surface area contributed by atoms with E-state index >= 15 is 0 Å². The number of nitrogens with zero attached hydrogens (tertiary/aromatic N) is 1. The zero-order chi connectivity index (χ0) is 29.4. The third kappa shape index (κ3) is 8.92. The lowest BCUT2D eigenvalue weighted by molar-refractivity contribution is -0.151. The number of benzene rings is 1. The summed E-state index contributed by atoms with van der Waals surface area (Å²) in [5, 5.41) is 15.4. The van der Waals surface area contributed by atoms with Crippen LogP contribution in [0.4, 0.5) is 4.79 Å². The number of carbonyl (C=O) groups excluding carboxylic acids is 4. The predicted octanol–water partition coefficient (Wildman–Crippen LogP) is 3.99. The minimum absolute atomic E-state index is 0.0409. The molecule has 3 unspecified atom stereocenters. The van der Waals surface area contributed by atoms with Gasteiger partial charge in [0.05, 0.1) is 7.11 Å². The molecule has 0 saturated carbocycles. The van der Waals surface area contributed by atoms with Crippen LogP contribution in [-0.4, -0.2) is 64.7 Å². The number of aryl methyl sites for hydroxylation is 1. The number of nitrogens with one attached hydrogen (secondary N) is 2. The molecule has 0 bridgehead atoms. The van der Waals surface area contributed by atoms with Crippen LogP contribution in [0.25, 0.3) is 0 Å². The maximum absolute atomic E-state index is 14.4. The first-order valence-corrected chi connectivity index (χ1v) is 13.0. The van der Waals surface area contributed by atoms with Gasteiger partial charge >= 0.3 is 12.1 Å². The van der Waals surface area contributed by atoms with Gasteiger partial charge in [-0.15, -0.1) is 0 Å². The fourth-order valence-electron chi connectivity index (χ4n) is 3.81. The van der Waals surface area contributed by atoms with Crippen molar-refractivity contribution in [2.75, 3.05) is 13.7 Å². The number of phenols is 1. The summed E-state index contributed by atoms with van der Waals surface area (Å²) < 4.78 is 10.1. The summed E-state index contributed by atoms with van der Waals surface area (Å²) in [4.78, 5) is 54.0. The minimum atomic E-state index is -1.17. The van der Waals surface area contributed by atoms with Crippen LogP contribution in [0.1, 0.15) is 85.4 Å². The maximum Gasteiger partial charge on any atom is 0.408 e. The quantitative estimate of drug-likeness (QED) is 0.365. The van der Waals surface area contributed by atoms with Crippen LogP contribution in [0.3, 0.4) is 0 Å². The zero-order valence-corrected chi connectivity index (χ0v) is 24.4. The smallest absolute Gasteiger partial charge is 0.408 e. The molecule has 214 valence electrons. The number of carbonyl (C=O) groups is 4. The Hall–Kier alpha value is -3.30. The molecular weight excluding hydrogens is 490 g/mol. The number of methoxy groups -OCH3 is 1. The summed E-state index contributed by atoms with van der Waals surface area (Å²) >= 11 is 0. The average Bonchev–Trinajstić information content (AvgIpc) is 2.83. The summed E-state index contributed by atoms with van der Waals surface area (Å²) in [6.07, 6.45) is 0.318. The van der Waals surface area contributed by atoms with E-state index < -0.39 is 47.1 Å². The number of aromatic hydroxyl groups is 1. The molecule has 38 heavy (non-hydrogen) atoms. The molecule has 1 aromatic carbocycles. The fraction of sp³-hybridized carbons (Fsp3) is 0.643. The van der Waals surface area contributed by atoms with Gasteiger partial charge in [0, 0.05) is 5.54 Å². The zero-order valence-electron chi connectivity index (χ0n) is 24.4. The highest BCUT2D eigenvalue weighted by molar-refractivity contribution is 5.94. The van der Waals surface area contributed by atoms with Crippen molar-refractivity contribution in [2.45, 2.75) is 98.4 Å². The van der Waals surface area contributed by atoms with Crippen LogP contribution in [0.5, 0.6) is 5.75 Å². The predicted molar refractivity (Wildman–Crippen MR) is 144 cm³/mol. The molecule has 0 aliphatic carbocycles. The number of hydrogen-bond acceptors (Lipinski definition) is 7. The second kappa shape index (κ2) is 13.5. The lowest BCUT2D eigenvalue weighted by Gasteiger charge is -2.45. The van der Waals surface area contributed by atoms with Gasteiger partial charge in [0.15, 0.2) is 0 Å². The average molecular weight is 536 g/mol. The summed E-state index contributed by atoms with van der Waals surface area (Å²) in [6, 6.07) is 2.49. The summed E-state index contributed by atoms with van der Waals surface area (Å²) in [7, 11) is 1.21. The number of amides is 3. The number of esters is 1. The Balaban J connectivity index is 3.71. The molecule has 0 heterocycles. The second-order valence-corrected chi connectivity index (χ2v) is 11.1. The Bertz CT molecular complexity index is 1000. The van der Waals surface area contributed by atoms with E-state index in [0.717, 1.165) is 0 Å². The molecule has 10 nitrogen and oxygen atoms in total. The SMILES string of the molecule is CCC(C)C(NC(=O)OC(C)(C)C)C(=O)N(C(C(=O)NCC(=O)OC)c1ccc(O)c(C)c1)C(C)(C)CC. The highest BCUT2D eigenvalue weighted by Gasteiger charge is 2.44. The van der Waals surface area contributed by atoms with Crippen molar-refractivity contribution in [3.63, 3.8) is 0 Å². The van der Waals surface area contributed by atoms with Gasteiger partial charge in [0.25, 0.3) is 0 Å². The van der Waals surface area contributed by atoms with Gasteiger partial charge < -0.3 is 30.1 Å². The van der Waals surface area contributed by atoms with Crippen molar-refractivity contribution in [1.29, 1.82) is 0 Å². The van der Waals surface area contributed by atoms with Crippen molar-refractivity contribution >= 4 is 23.9 Å². The molecule has 1 rings (SSSR count). The number of phenolic OH excluding ortho intramolecular Hbond substituents is 1. The molecule has 10 heteroatoms. The van der Waals surface area contributed by atoms with Crippen molar-refractivity contribution in [3.8, 4) is 5.75 Å². The molecule has 0 spiro atoms. The number of ether oxygens (including phenoxy) is 2. The summed E-state index contributed by atoms with van der Waals surface area (Å²) in [6.45, 7) is 15.8. The van der Waals surface area contributed by atoms with Gasteiger partial charge in [-0.2, -0.15) is 0 Å². The third-order valence-corrected chi connectivity index (χ3v) is 6.58. The van der Waals surface area contributed by atoms with Crippen LogP contribution < -0.4 is 10.6 Å². The Morgan fingerprint density at radius 3 is 2.16 bits per heavy atom. The lowest BCUT2D eigenvalue weighted by atomic mass is 9.89. The van der Waals surface area contributed by atoms with Gasteiger partial charge in [-0.05, 0) is 77.1 Å². The van der Waals surface area contributed by atoms with Crippen LogP contribution in [0.2, 0.25) is 0 Å². The van der Waals surface area contributed by atoms with Crippen LogP contribution in [0, 0.1) is 12.8 Å². The lowest BCUT2D eigenvalue weighted by Crippen LogP contribution is -2.60. The maximum atomic E-state index is 14.4. The number of rotatable bonds is 11. The Kier molecular flexibility index (Phi) is 11.6. The first-order valence-electron chi connectivity index (χ1n) is 13.0. The van der Waals surface area contributed by atoms with Crippen molar-refractivity contribution in [2.24, 2.45) is 5.92 Å². The molecule has 0 radical (unpaired) electrons. The number of hydrogen-bond donors (Lipinski definition) is 3. The first kappa shape index (κ1) is 32.7. The van der Waals surface area contributed by atoms with Gasteiger partial charge in [-0.3, -0.25) is 14.4 Å². The molecule has 3 N–H and O–H groups in total. The van der Waals surface area contributed by atoms with Gasteiger partial charge in [-0.25, -0.2) is 4.79 Å². The summed E-state index contributed by atoms with van der Waals surface area (Å²) in [5.74, 6) is -1.96. The van der Waals surface area contributed by atoms with E-state index in [4.69, 9.17) is 4.74 Å². The fourth-order valence-corrected chi connectivity index (χ4v) is 3.81. The molecule has 0 aromatic heterocycles. The monoisotopic (exact) mass is 535 g/mol. The van der Waals surface area contributed by atoms with Gasteiger partial charge in [-0.1, -0.05) is 33.3 Å². The van der Waals surface area contributed by atoms with Crippen molar-refractivity contribution in [3.05, 3.63) is 29.3 Å². The van der Waals surface area contributed by atoms with Crippen LogP contribution >= 0.6 is 0 Å². The molecule has 0 aliphatic rings. The van der Waals surface area contributed by atoms with Crippen LogP contribution in [-0.2, 0) is 23.9 Å². The Morgan fingerprint density at radius 2 is 1.68 bits per heavy atom. The first-order chi connectivity index (χ1) is 17.5. The molecular formula is C28H45N3O7. The highest BCUT2D eigenvalue weighted by Crippen LogP contribution is 2.34. The van der Waals surface area contributed by atoms with E-state index in [1.54, 1.807) is 39.8 Å². The van der Waals surface area contributed by atoms with E-state index in [0.29, 0.717) is 24.0 Å². The Morgan fingerprint density at radius 1 is 1.08 bits per heavy atom. The minimum Gasteiger partial charge on any atom is -0.508 e. The van der Waals surface area contributed by atoms with E-state index in [9.17, 15) is 24.3 Å². The van der Waals surface area contributed by atoms with Crippen molar-refractivity contribution < 1.29 is 33.8 Å². The third-order valence-electron chi connectivity index (χ3n) is 6.58. The summed E-state index contributed by atoms with van der Waals surface area (Å²) in [5.41, 5.74) is -0.662. The normalized spacial score (nSPS) is 14.1. The highest BCUT2D eigenvalue weighted by atomic mass is 16.6. The second-order valence-electron chi connectivity index (χ2n) is 11.1. The van der Waals surface area contributed by atoms with Crippen molar-refractivity contribution in [1.82, 2.24) is 15.5 Å². The van der Waals surface area contributed by atoms with Crippen LogP contribution in [0.15, 0.2) is 18.2 Å². The largest absolute Gasteiger partial charge is 0.508 e. The molecule has 0 fully saturated rings. The van der Waals surface area contributed by atoms with E-state index in [-0.39, 0.29) is 18.2 Å². The van der Waals surface area contributed by atoms with E-state index in [2.05, 4.69) is 15.4 Å². The molecule has 3 atom stereocenters. The van der Waals surface area contributed by atoms with E-state index in [1.165, 1.54) is 18.1 Å². The molecule has 0 saturated heterocycles. The Labute approximate surface area is 226 Å². The van der Waals surface area contributed by atoms with E-state index in [1.807, 2.05) is 34.6 Å². The van der Waals surface area contributed by atoms with Gasteiger partial charge in [0.1, 0.15) is 30.0 Å². The molecule has 1 aromatic rings. The molecule has 3 amide bonds. The topological polar surface area (TPSA) is 134 Å².